The molecule has 0 bridgehead atoms. The first-order valence-electron chi connectivity index (χ1n) is 7.76. The molecule has 0 radical (unpaired) electrons. The van der Waals surface area contributed by atoms with Crippen LogP contribution in [0, 0.1) is 0 Å². The maximum absolute atomic E-state index is 5.40. The smallest absolute Gasteiger partial charge is 0.119 e. The molecule has 1 aromatic carbocycles. The van der Waals surface area contributed by atoms with Crippen LogP contribution in [0.2, 0.25) is 0 Å². The molecule has 0 aliphatic heterocycles. The van der Waals surface area contributed by atoms with Crippen LogP contribution in [-0.4, -0.2) is 18.1 Å². The van der Waals surface area contributed by atoms with E-state index in [4.69, 9.17) is 9.72 Å². The molecule has 3 rings (SSSR count). The van der Waals surface area contributed by atoms with Gasteiger partial charge in [-0.25, -0.2) is 0 Å². The Balaban J connectivity index is 2.18. The summed E-state index contributed by atoms with van der Waals surface area (Å²) in [4.78, 5) is 6.79. The Labute approximate surface area is 139 Å². The van der Waals surface area contributed by atoms with Crippen LogP contribution in [0.15, 0.2) is 29.3 Å². The second-order valence-corrected chi connectivity index (χ2v) is 6.28. The quantitative estimate of drug-likeness (QED) is 0.847. The van der Waals surface area contributed by atoms with E-state index in [0.717, 1.165) is 29.5 Å². The van der Waals surface area contributed by atoms with Crippen molar-refractivity contribution in [3.63, 3.8) is 0 Å². The highest BCUT2D eigenvalue weighted by Gasteiger charge is 2.19. The van der Waals surface area contributed by atoms with Crippen molar-refractivity contribution in [3.05, 3.63) is 40.5 Å². The lowest BCUT2D eigenvalue weighted by molar-refractivity contribution is 0.415. The molecule has 3 nitrogen and oxygen atoms in total. The van der Waals surface area contributed by atoms with Crippen molar-refractivity contribution in [2.24, 2.45) is 0 Å². The third-order valence-electron chi connectivity index (χ3n) is 4.20. The van der Waals surface area contributed by atoms with E-state index >= 15 is 0 Å². The first kappa shape index (κ1) is 15.3. The number of aromatic nitrogens is 1. The summed E-state index contributed by atoms with van der Waals surface area (Å²) in [6, 6.07) is 6.38. The highest BCUT2D eigenvalue weighted by Crippen LogP contribution is 2.35. The molecule has 0 amide bonds. The summed E-state index contributed by atoms with van der Waals surface area (Å²) in [5.74, 6) is 0.872. The molecular weight excluding hydrogens is 340 g/mol. The molecule has 0 spiro atoms. The molecule has 0 saturated heterocycles. The predicted octanol–water partition coefficient (Wildman–Crippen LogP) is 4.83. The molecule has 1 atom stereocenters. The van der Waals surface area contributed by atoms with E-state index in [9.17, 15) is 0 Å². The molecule has 2 aromatic rings. The number of benzene rings is 1. The number of nitrogens with zero attached hydrogens (tertiary/aromatic N) is 1. The van der Waals surface area contributed by atoms with Gasteiger partial charge in [0, 0.05) is 22.8 Å². The molecule has 1 N–H and O–H groups in total. The third-order valence-corrected chi connectivity index (χ3v) is 4.51. The van der Waals surface area contributed by atoms with Crippen LogP contribution >= 0.6 is 15.9 Å². The molecule has 116 valence electrons. The van der Waals surface area contributed by atoms with Crippen molar-refractivity contribution >= 4 is 32.5 Å². The monoisotopic (exact) mass is 360 g/mol. The Bertz CT molecular complexity index is 712. The number of ether oxygens (including phenoxy) is 1. The van der Waals surface area contributed by atoms with Gasteiger partial charge in [0.25, 0.3) is 0 Å². The number of halogens is 1. The lowest BCUT2D eigenvalue weighted by Crippen LogP contribution is -2.17. The molecule has 1 aliphatic carbocycles. The largest absolute Gasteiger partial charge is 0.497 e. The molecule has 22 heavy (non-hydrogen) atoms. The average Bonchev–Trinajstić information content (AvgIpc) is 2.54. The summed E-state index contributed by atoms with van der Waals surface area (Å²) in [6.45, 7) is 2.15. The Hall–Kier alpha value is -1.55. The number of rotatable bonds is 4. The van der Waals surface area contributed by atoms with Gasteiger partial charge >= 0.3 is 0 Å². The van der Waals surface area contributed by atoms with Gasteiger partial charge in [-0.3, -0.25) is 4.98 Å². The van der Waals surface area contributed by atoms with Crippen LogP contribution in [0.3, 0.4) is 0 Å². The van der Waals surface area contributed by atoms with E-state index in [1.165, 1.54) is 29.8 Å². The van der Waals surface area contributed by atoms with Crippen LogP contribution in [0.5, 0.6) is 5.75 Å². The van der Waals surface area contributed by atoms with Crippen LogP contribution in [0.25, 0.3) is 10.9 Å². The molecule has 1 unspecified atom stereocenters. The van der Waals surface area contributed by atoms with E-state index in [1.54, 1.807) is 7.11 Å². The van der Waals surface area contributed by atoms with Gasteiger partial charge < -0.3 is 10.1 Å². The zero-order valence-corrected chi connectivity index (χ0v) is 14.6. The normalized spacial score (nSPS) is 15.8. The first-order chi connectivity index (χ1) is 10.7. The SMILES string of the molecule is COc1ccc2nc3c(c(NC(C)C=CBr)c2c1)CCCC3. The molecule has 0 fully saturated rings. The number of aryl methyl sites for hydroxylation is 1. The van der Waals surface area contributed by atoms with Crippen LogP contribution in [-0.2, 0) is 12.8 Å². The number of nitrogens with one attached hydrogen (secondary N) is 1. The van der Waals surface area contributed by atoms with Gasteiger partial charge in [0.05, 0.1) is 12.6 Å². The van der Waals surface area contributed by atoms with Crippen molar-refractivity contribution in [2.45, 2.75) is 38.6 Å². The second-order valence-electron chi connectivity index (χ2n) is 5.75. The topological polar surface area (TPSA) is 34.1 Å². The fraction of sp³-hybridized carbons (Fsp3) is 0.389. The Morgan fingerprint density at radius 2 is 2.14 bits per heavy atom. The fourth-order valence-electron chi connectivity index (χ4n) is 3.08. The highest BCUT2D eigenvalue weighted by atomic mass is 79.9. The van der Waals surface area contributed by atoms with Crippen LogP contribution < -0.4 is 10.1 Å². The summed E-state index contributed by atoms with van der Waals surface area (Å²) >= 11 is 3.36. The van der Waals surface area contributed by atoms with Gasteiger partial charge in [-0.15, -0.1) is 0 Å². The maximum Gasteiger partial charge on any atom is 0.119 e. The van der Waals surface area contributed by atoms with Gasteiger partial charge in [0.2, 0.25) is 0 Å². The van der Waals surface area contributed by atoms with Crippen LogP contribution in [0.1, 0.15) is 31.0 Å². The molecule has 1 aliphatic rings. The lowest BCUT2D eigenvalue weighted by atomic mass is 9.92. The highest BCUT2D eigenvalue weighted by molar-refractivity contribution is 9.11. The van der Waals surface area contributed by atoms with Crippen molar-refractivity contribution in [1.82, 2.24) is 4.98 Å². The predicted molar refractivity (Wildman–Crippen MR) is 96.1 cm³/mol. The zero-order valence-electron chi connectivity index (χ0n) is 13.0. The summed E-state index contributed by atoms with van der Waals surface area (Å²) in [6.07, 6.45) is 6.75. The van der Waals surface area contributed by atoms with Crippen molar-refractivity contribution in [2.75, 3.05) is 12.4 Å². The van der Waals surface area contributed by atoms with Crippen LogP contribution in [0.4, 0.5) is 5.69 Å². The lowest BCUT2D eigenvalue weighted by Gasteiger charge is -2.23. The van der Waals surface area contributed by atoms with Crippen molar-refractivity contribution in [3.8, 4) is 5.75 Å². The number of pyridine rings is 1. The Morgan fingerprint density at radius 1 is 1.32 bits per heavy atom. The Morgan fingerprint density at radius 3 is 2.91 bits per heavy atom. The number of hydrogen-bond acceptors (Lipinski definition) is 3. The van der Waals surface area contributed by atoms with Gasteiger partial charge in [-0.05, 0) is 61.4 Å². The van der Waals surface area contributed by atoms with E-state index in [0.29, 0.717) is 0 Å². The first-order valence-corrected chi connectivity index (χ1v) is 8.67. The maximum atomic E-state index is 5.40. The molecule has 1 heterocycles. The fourth-order valence-corrected chi connectivity index (χ4v) is 3.54. The van der Waals surface area contributed by atoms with E-state index in [1.807, 2.05) is 11.1 Å². The third kappa shape index (κ3) is 2.98. The van der Waals surface area contributed by atoms with Gasteiger partial charge in [0.15, 0.2) is 0 Å². The Kier molecular flexibility index (Phi) is 4.67. The molecule has 1 aromatic heterocycles. The number of hydrogen-bond donors (Lipinski definition) is 1. The summed E-state index contributed by atoms with van der Waals surface area (Å²) in [5.41, 5.74) is 4.89. The molecule has 0 saturated carbocycles. The summed E-state index contributed by atoms with van der Waals surface area (Å²) in [7, 11) is 1.70. The molecular formula is C18H21BrN2O. The minimum absolute atomic E-state index is 0.252. The number of methoxy groups -OCH3 is 1. The minimum Gasteiger partial charge on any atom is -0.497 e. The number of fused-ring (bicyclic) bond motifs is 2. The number of anilines is 1. The molecule has 4 heteroatoms. The minimum atomic E-state index is 0.252. The standard InChI is InChI=1S/C18H21BrN2O/c1-12(9-10-19)20-18-14-5-3-4-6-16(14)21-17-8-7-13(22-2)11-15(17)18/h7-12H,3-6H2,1-2H3,(H,20,21). The van der Waals surface area contributed by atoms with Gasteiger partial charge in [-0.2, -0.15) is 0 Å². The van der Waals surface area contributed by atoms with Crippen molar-refractivity contribution in [1.29, 1.82) is 0 Å². The van der Waals surface area contributed by atoms with Gasteiger partial charge in [-0.1, -0.05) is 22.0 Å². The van der Waals surface area contributed by atoms with Crippen molar-refractivity contribution < 1.29 is 4.74 Å². The van der Waals surface area contributed by atoms with Gasteiger partial charge in [0.1, 0.15) is 5.75 Å². The summed E-state index contributed by atoms with van der Waals surface area (Å²) in [5, 5.41) is 4.80. The average molecular weight is 361 g/mol. The van der Waals surface area contributed by atoms with E-state index in [2.05, 4.69) is 46.4 Å². The zero-order chi connectivity index (χ0) is 15.5. The van der Waals surface area contributed by atoms with E-state index < -0.39 is 0 Å². The second kappa shape index (κ2) is 6.69. The summed E-state index contributed by atoms with van der Waals surface area (Å²) < 4.78 is 5.40. The van der Waals surface area contributed by atoms with E-state index in [-0.39, 0.29) is 6.04 Å².